The van der Waals surface area contributed by atoms with Crippen LogP contribution in [-0.2, 0) is 6.54 Å². The molecule has 0 spiro atoms. The van der Waals surface area contributed by atoms with E-state index in [1.807, 2.05) is 26.0 Å². The van der Waals surface area contributed by atoms with Crippen molar-refractivity contribution in [3.8, 4) is 0 Å². The topological polar surface area (TPSA) is 72.2 Å². The van der Waals surface area contributed by atoms with Crippen LogP contribution in [-0.4, -0.2) is 16.8 Å². The molecule has 0 atom stereocenters. The van der Waals surface area contributed by atoms with Gasteiger partial charge in [-0.25, -0.2) is 0 Å². The summed E-state index contributed by atoms with van der Waals surface area (Å²) in [6, 6.07) is 15.8. The van der Waals surface area contributed by atoms with E-state index >= 15 is 0 Å². The predicted octanol–water partition coefficient (Wildman–Crippen LogP) is 3.45. The Kier molecular flexibility index (Phi) is 4.75. The van der Waals surface area contributed by atoms with Gasteiger partial charge in [-0.3, -0.25) is 9.59 Å². The Hall–Kier alpha value is -3.21. The molecule has 0 aliphatic rings. The molecule has 0 saturated carbocycles. The first-order valence-corrected chi connectivity index (χ1v) is 7.95. The second-order valence-electron chi connectivity index (χ2n) is 5.86. The minimum absolute atomic E-state index is 0.179. The largest absolute Gasteiger partial charge is 0.359 e. The molecule has 1 aromatic heterocycles. The Morgan fingerprint density at radius 1 is 1.00 bits per heavy atom. The second-order valence-corrected chi connectivity index (χ2v) is 5.86. The predicted molar refractivity (Wildman–Crippen MR) is 93.5 cm³/mol. The minimum atomic E-state index is -0.329. The average Bonchev–Trinajstić information content (AvgIpc) is 3.05. The van der Waals surface area contributed by atoms with E-state index < -0.39 is 0 Å². The quantitative estimate of drug-likeness (QED) is 0.725. The molecular weight excluding hydrogens is 316 g/mol. The molecular formula is C20H18N2O3. The van der Waals surface area contributed by atoms with Crippen LogP contribution in [0.2, 0.25) is 0 Å². The molecule has 0 radical (unpaired) electrons. The number of nitrogens with one attached hydrogen (secondary N) is 1. The third-order valence-electron chi connectivity index (χ3n) is 3.83. The van der Waals surface area contributed by atoms with Crippen LogP contribution in [0.4, 0.5) is 0 Å². The molecule has 126 valence electrons. The molecule has 5 heteroatoms. The van der Waals surface area contributed by atoms with Crippen molar-refractivity contribution in [3.05, 3.63) is 88.3 Å². The second kappa shape index (κ2) is 7.13. The molecule has 0 aliphatic heterocycles. The van der Waals surface area contributed by atoms with Gasteiger partial charge in [-0.2, -0.15) is 0 Å². The molecule has 25 heavy (non-hydrogen) atoms. The van der Waals surface area contributed by atoms with Gasteiger partial charge in [-0.05, 0) is 19.9 Å². The number of hydrogen-bond donors (Lipinski definition) is 1. The molecule has 3 aromatic rings. The number of rotatable bonds is 5. The highest BCUT2D eigenvalue weighted by Crippen LogP contribution is 2.16. The van der Waals surface area contributed by atoms with Gasteiger partial charge in [0.25, 0.3) is 5.91 Å². The van der Waals surface area contributed by atoms with Gasteiger partial charge in [0.05, 0.1) is 17.8 Å². The first kappa shape index (κ1) is 16.6. The fourth-order valence-corrected chi connectivity index (χ4v) is 2.50. The fourth-order valence-electron chi connectivity index (χ4n) is 2.50. The molecule has 0 fully saturated rings. The highest BCUT2D eigenvalue weighted by atomic mass is 16.5. The van der Waals surface area contributed by atoms with Crippen molar-refractivity contribution in [2.45, 2.75) is 20.4 Å². The van der Waals surface area contributed by atoms with Gasteiger partial charge in [0.2, 0.25) is 0 Å². The first-order chi connectivity index (χ1) is 12.0. The van der Waals surface area contributed by atoms with Crippen molar-refractivity contribution in [1.82, 2.24) is 10.5 Å². The maximum Gasteiger partial charge on any atom is 0.252 e. The number of amides is 1. The monoisotopic (exact) mass is 334 g/mol. The number of hydrogen-bond acceptors (Lipinski definition) is 4. The van der Waals surface area contributed by atoms with E-state index in [2.05, 4.69) is 10.5 Å². The van der Waals surface area contributed by atoms with E-state index in [0.29, 0.717) is 22.5 Å². The molecule has 3 rings (SSSR count). The average molecular weight is 334 g/mol. The molecule has 0 aliphatic carbocycles. The van der Waals surface area contributed by atoms with E-state index in [9.17, 15) is 9.59 Å². The maximum absolute atomic E-state index is 12.8. The molecule has 2 aromatic carbocycles. The lowest BCUT2D eigenvalue weighted by Crippen LogP contribution is -2.24. The van der Waals surface area contributed by atoms with Crippen LogP contribution in [0.5, 0.6) is 0 Å². The number of aryl methyl sites for hydroxylation is 2. The van der Waals surface area contributed by atoms with Gasteiger partial charge in [0, 0.05) is 17.2 Å². The van der Waals surface area contributed by atoms with Crippen LogP contribution in [0, 0.1) is 13.8 Å². The van der Waals surface area contributed by atoms with Crippen LogP contribution in [0.3, 0.4) is 0 Å². The lowest BCUT2D eigenvalue weighted by Gasteiger charge is -2.09. The van der Waals surface area contributed by atoms with E-state index in [-0.39, 0.29) is 18.2 Å². The Morgan fingerprint density at radius 3 is 2.32 bits per heavy atom. The number of carbonyl (C=O) groups is 2. The SMILES string of the molecule is Cc1ccc(C(=O)c2ccccc2C(=O)NCc2cc(C)no2)cc1. The van der Waals surface area contributed by atoms with Crippen molar-refractivity contribution < 1.29 is 14.1 Å². The number of ketones is 1. The van der Waals surface area contributed by atoms with Crippen LogP contribution in [0.15, 0.2) is 59.1 Å². The number of nitrogens with zero attached hydrogens (tertiary/aromatic N) is 1. The molecule has 0 unspecified atom stereocenters. The summed E-state index contributed by atoms with van der Waals surface area (Å²) in [6.07, 6.45) is 0. The van der Waals surface area contributed by atoms with Gasteiger partial charge in [-0.1, -0.05) is 53.2 Å². The summed E-state index contributed by atoms with van der Waals surface area (Å²) < 4.78 is 5.08. The minimum Gasteiger partial charge on any atom is -0.359 e. The van der Waals surface area contributed by atoms with Crippen LogP contribution in [0.1, 0.15) is 43.3 Å². The Morgan fingerprint density at radius 2 is 1.68 bits per heavy atom. The first-order valence-electron chi connectivity index (χ1n) is 7.95. The summed E-state index contributed by atoms with van der Waals surface area (Å²) in [5, 5.41) is 6.54. The van der Waals surface area contributed by atoms with Crippen molar-refractivity contribution >= 4 is 11.7 Å². The van der Waals surface area contributed by atoms with Crippen LogP contribution < -0.4 is 5.32 Å². The molecule has 0 bridgehead atoms. The van der Waals surface area contributed by atoms with Crippen molar-refractivity contribution in [2.75, 3.05) is 0 Å². The van der Waals surface area contributed by atoms with Crippen LogP contribution >= 0.6 is 0 Å². The number of benzene rings is 2. The van der Waals surface area contributed by atoms with E-state index in [1.165, 1.54) is 0 Å². The maximum atomic E-state index is 12.8. The summed E-state index contributed by atoms with van der Waals surface area (Å²) in [5.41, 5.74) is 3.09. The van der Waals surface area contributed by atoms with Crippen molar-refractivity contribution in [2.24, 2.45) is 0 Å². The zero-order valence-corrected chi connectivity index (χ0v) is 14.1. The van der Waals surface area contributed by atoms with E-state index in [0.717, 1.165) is 11.3 Å². The third kappa shape index (κ3) is 3.83. The molecule has 0 saturated heterocycles. The molecule has 5 nitrogen and oxygen atoms in total. The Bertz CT molecular complexity index is 911. The normalized spacial score (nSPS) is 10.5. The highest BCUT2D eigenvalue weighted by molar-refractivity contribution is 6.15. The number of carbonyl (C=O) groups excluding carboxylic acids is 2. The summed E-state index contributed by atoms with van der Waals surface area (Å²) >= 11 is 0. The van der Waals surface area contributed by atoms with Crippen LogP contribution in [0.25, 0.3) is 0 Å². The van der Waals surface area contributed by atoms with Gasteiger partial charge in [0.15, 0.2) is 11.5 Å². The summed E-state index contributed by atoms with van der Waals surface area (Å²) in [6.45, 7) is 3.98. The van der Waals surface area contributed by atoms with E-state index in [4.69, 9.17) is 4.52 Å². The molecule has 1 N–H and O–H groups in total. The zero-order chi connectivity index (χ0) is 17.8. The van der Waals surface area contributed by atoms with Gasteiger partial charge < -0.3 is 9.84 Å². The highest BCUT2D eigenvalue weighted by Gasteiger charge is 2.18. The Balaban J connectivity index is 1.81. The lowest BCUT2D eigenvalue weighted by molar-refractivity contribution is 0.0936. The summed E-state index contributed by atoms with van der Waals surface area (Å²) in [4.78, 5) is 25.3. The Labute approximate surface area is 145 Å². The molecule has 1 heterocycles. The summed E-state index contributed by atoms with van der Waals surface area (Å²) in [5.74, 6) is 0.0552. The van der Waals surface area contributed by atoms with Crippen molar-refractivity contribution in [3.63, 3.8) is 0 Å². The van der Waals surface area contributed by atoms with E-state index in [1.54, 1.807) is 42.5 Å². The standard InChI is InChI=1S/C20H18N2O3/c1-13-7-9-15(10-8-13)19(23)17-5-3-4-6-18(17)20(24)21-12-16-11-14(2)22-25-16/h3-11H,12H2,1-2H3,(H,21,24). The fraction of sp³-hybridized carbons (Fsp3) is 0.150. The smallest absolute Gasteiger partial charge is 0.252 e. The third-order valence-corrected chi connectivity index (χ3v) is 3.83. The van der Waals surface area contributed by atoms with Gasteiger partial charge >= 0.3 is 0 Å². The summed E-state index contributed by atoms with van der Waals surface area (Å²) in [7, 11) is 0. The van der Waals surface area contributed by atoms with Gasteiger partial charge in [0.1, 0.15) is 0 Å². The molecule has 1 amide bonds. The number of aromatic nitrogens is 1. The van der Waals surface area contributed by atoms with Crippen molar-refractivity contribution in [1.29, 1.82) is 0 Å². The van der Waals surface area contributed by atoms with Gasteiger partial charge in [-0.15, -0.1) is 0 Å². The zero-order valence-electron chi connectivity index (χ0n) is 14.1. The lowest BCUT2D eigenvalue weighted by atomic mass is 9.97.